The number of carbonyl (C=O) groups is 1. The van der Waals surface area contributed by atoms with Crippen LogP contribution in [0.15, 0.2) is 24.8 Å². The smallest absolute Gasteiger partial charge is 0.225 e. The first-order chi connectivity index (χ1) is 19.5. The third kappa shape index (κ3) is 6.01. The number of aromatic nitrogens is 5. The minimum absolute atomic E-state index is 0.0502. The van der Waals surface area contributed by atoms with Crippen LogP contribution in [0.2, 0.25) is 0 Å². The van der Waals surface area contributed by atoms with E-state index >= 15 is 0 Å². The van der Waals surface area contributed by atoms with Crippen molar-refractivity contribution in [3.05, 3.63) is 24.8 Å². The zero-order valence-electron chi connectivity index (χ0n) is 24.3. The summed E-state index contributed by atoms with van der Waals surface area (Å²) in [5, 5.41) is 19.3. The van der Waals surface area contributed by atoms with Crippen LogP contribution >= 0.6 is 0 Å². The van der Waals surface area contributed by atoms with Gasteiger partial charge in [-0.25, -0.2) is 9.97 Å². The first-order valence-corrected chi connectivity index (χ1v) is 15.3. The third-order valence-electron chi connectivity index (χ3n) is 9.15. The molecule has 0 saturated heterocycles. The van der Waals surface area contributed by atoms with Crippen LogP contribution in [-0.4, -0.2) is 54.7 Å². The van der Waals surface area contributed by atoms with Crippen LogP contribution < -0.4 is 5.32 Å². The molecule has 2 fully saturated rings. The van der Waals surface area contributed by atoms with Crippen molar-refractivity contribution in [1.29, 1.82) is 5.26 Å². The highest BCUT2D eigenvalue weighted by atomic mass is 16.2. The van der Waals surface area contributed by atoms with Gasteiger partial charge in [-0.05, 0) is 56.4 Å². The van der Waals surface area contributed by atoms with Gasteiger partial charge in [-0.3, -0.25) is 9.48 Å². The Balaban J connectivity index is 1.35. The van der Waals surface area contributed by atoms with Crippen molar-refractivity contribution in [2.75, 3.05) is 18.4 Å². The molecule has 3 aromatic heterocycles. The minimum Gasteiger partial charge on any atom is -0.365 e. The second-order valence-electron chi connectivity index (χ2n) is 11.9. The van der Waals surface area contributed by atoms with Crippen molar-refractivity contribution in [3.8, 4) is 17.3 Å². The van der Waals surface area contributed by atoms with Gasteiger partial charge in [0.2, 0.25) is 5.91 Å². The maximum Gasteiger partial charge on any atom is 0.225 e. The molecule has 2 aliphatic rings. The van der Waals surface area contributed by atoms with E-state index in [0.29, 0.717) is 24.2 Å². The van der Waals surface area contributed by atoms with Gasteiger partial charge in [-0.15, -0.1) is 0 Å². The van der Waals surface area contributed by atoms with Gasteiger partial charge in [0.25, 0.3) is 0 Å². The van der Waals surface area contributed by atoms with E-state index < -0.39 is 0 Å². The van der Waals surface area contributed by atoms with Crippen molar-refractivity contribution < 1.29 is 4.79 Å². The monoisotopic (exact) mass is 544 g/mol. The Labute approximate surface area is 237 Å². The van der Waals surface area contributed by atoms with Gasteiger partial charge in [0.05, 0.1) is 29.8 Å². The minimum atomic E-state index is 0.0502. The van der Waals surface area contributed by atoms with Crippen LogP contribution in [0, 0.1) is 29.1 Å². The summed E-state index contributed by atoms with van der Waals surface area (Å²) in [5.74, 6) is 2.24. The molecule has 2 N–H and O–H groups in total. The molecule has 2 unspecified atom stereocenters. The third-order valence-corrected chi connectivity index (χ3v) is 9.15. The number of rotatable bonds is 13. The summed E-state index contributed by atoms with van der Waals surface area (Å²) in [6.07, 6.45) is 15.5. The van der Waals surface area contributed by atoms with Gasteiger partial charge >= 0.3 is 0 Å². The predicted molar refractivity (Wildman–Crippen MR) is 157 cm³/mol. The standard InChI is InChI=1S/C31H44N8O/c1-4-15-38(16-12-21(3)5-2)31(40)23-17-24(18-23)36-30-26(28-25-11-14-33-29(25)35-20-34-28)19-39(37-30)27(10-13-32)22-8-6-7-9-22/h11,14,19-24,27H,4-10,12,15-18H2,1-3H3,(H,36,37)(H,33,34,35). The molecule has 0 aromatic carbocycles. The van der Waals surface area contributed by atoms with Crippen molar-refractivity contribution >= 4 is 22.8 Å². The largest absolute Gasteiger partial charge is 0.365 e. The Morgan fingerprint density at radius 2 is 2.05 bits per heavy atom. The van der Waals surface area contributed by atoms with Gasteiger partial charge in [0, 0.05) is 42.8 Å². The topological polar surface area (TPSA) is 116 Å². The van der Waals surface area contributed by atoms with Crippen molar-refractivity contribution in [1.82, 2.24) is 29.6 Å². The van der Waals surface area contributed by atoms with E-state index in [1.807, 2.05) is 16.9 Å². The van der Waals surface area contributed by atoms with E-state index in [-0.39, 0.29) is 18.0 Å². The molecule has 3 aromatic rings. The normalized spacial score (nSPS) is 20.6. The fraction of sp³-hybridized carbons (Fsp3) is 0.645. The fourth-order valence-corrected chi connectivity index (χ4v) is 6.41. The number of hydrogen-bond acceptors (Lipinski definition) is 6. The van der Waals surface area contributed by atoms with Crippen LogP contribution in [0.1, 0.15) is 91.0 Å². The summed E-state index contributed by atoms with van der Waals surface area (Å²) in [5.41, 5.74) is 2.54. The summed E-state index contributed by atoms with van der Waals surface area (Å²) >= 11 is 0. The number of nitriles is 1. The molecule has 1 amide bonds. The second-order valence-corrected chi connectivity index (χ2v) is 11.9. The lowest BCUT2D eigenvalue weighted by molar-refractivity contribution is -0.138. The molecule has 9 heteroatoms. The Bertz CT molecular complexity index is 1310. The number of nitrogens with one attached hydrogen (secondary N) is 2. The molecular weight excluding hydrogens is 500 g/mol. The van der Waals surface area contributed by atoms with Crippen molar-refractivity contribution in [2.24, 2.45) is 17.8 Å². The van der Waals surface area contributed by atoms with E-state index in [1.54, 1.807) is 6.33 Å². The predicted octanol–water partition coefficient (Wildman–Crippen LogP) is 6.33. The average molecular weight is 545 g/mol. The molecule has 2 atom stereocenters. The molecule has 2 aliphatic carbocycles. The van der Waals surface area contributed by atoms with E-state index in [2.05, 4.69) is 58.2 Å². The number of aromatic amines is 1. The van der Waals surface area contributed by atoms with E-state index in [9.17, 15) is 10.1 Å². The molecule has 0 aliphatic heterocycles. The average Bonchev–Trinajstić information content (AvgIpc) is 3.72. The van der Waals surface area contributed by atoms with Crippen molar-refractivity contribution in [3.63, 3.8) is 0 Å². The van der Waals surface area contributed by atoms with Crippen LogP contribution in [0.3, 0.4) is 0 Å². The van der Waals surface area contributed by atoms with Gasteiger partial charge < -0.3 is 15.2 Å². The SMILES string of the molecule is CCCN(CCC(C)CC)C(=O)C1CC(Nc2nn(C(CC#N)C3CCCC3)cc2-c2ncnc3[nH]ccc23)C1. The maximum atomic E-state index is 13.4. The number of amides is 1. The van der Waals surface area contributed by atoms with Gasteiger partial charge in [0.15, 0.2) is 5.82 Å². The van der Waals surface area contributed by atoms with Crippen LogP contribution in [0.25, 0.3) is 22.3 Å². The number of anilines is 1. The Morgan fingerprint density at radius 3 is 2.77 bits per heavy atom. The van der Waals surface area contributed by atoms with Crippen LogP contribution in [-0.2, 0) is 4.79 Å². The second kappa shape index (κ2) is 12.8. The lowest BCUT2D eigenvalue weighted by Gasteiger charge is -2.38. The zero-order valence-corrected chi connectivity index (χ0v) is 24.3. The first kappa shape index (κ1) is 28.1. The van der Waals surface area contributed by atoms with E-state index in [4.69, 9.17) is 5.10 Å². The highest BCUT2D eigenvalue weighted by molar-refractivity contribution is 5.93. The molecular formula is C31H44N8O. The number of H-pyrrole nitrogens is 1. The molecule has 0 radical (unpaired) electrons. The number of nitrogens with zero attached hydrogens (tertiary/aromatic N) is 6. The molecule has 3 heterocycles. The van der Waals surface area contributed by atoms with Crippen molar-refractivity contribution in [2.45, 2.75) is 97.1 Å². The molecule has 2 saturated carbocycles. The molecule has 9 nitrogen and oxygen atoms in total. The molecule has 0 bridgehead atoms. The fourth-order valence-electron chi connectivity index (χ4n) is 6.41. The Kier molecular flexibility index (Phi) is 9.03. The van der Waals surface area contributed by atoms with Gasteiger partial charge in [-0.2, -0.15) is 10.4 Å². The van der Waals surface area contributed by atoms with Gasteiger partial charge in [-0.1, -0.05) is 40.0 Å². The highest BCUT2D eigenvalue weighted by Crippen LogP contribution is 2.40. The quantitative estimate of drug-likeness (QED) is 0.260. The molecule has 0 spiro atoms. The summed E-state index contributed by atoms with van der Waals surface area (Å²) in [6.45, 7) is 8.31. The number of carbonyl (C=O) groups excluding carboxylic acids is 1. The maximum absolute atomic E-state index is 13.4. The van der Waals surface area contributed by atoms with E-state index in [1.165, 1.54) is 12.8 Å². The highest BCUT2D eigenvalue weighted by Gasteiger charge is 2.38. The number of hydrogen-bond donors (Lipinski definition) is 2. The molecule has 40 heavy (non-hydrogen) atoms. The first-order valence-electron chi connectivity index (χ1n) is 15.3. The Morgan fingerprint density at radius 1 is 1.25 bits per heavy atom. The van der Waals surface area contributed by atoms with Crippen LogP contribution in [0.5, 0.6) is 0 Å². The Hall–Kier alpha value is -3.41. The summed E-state index contributed by atoms with van der Waals surface area (Å²) in [7, 11) is 0. The lowest BCUT2D eigenvalue weighted by Crippen LogP contribution is -2.47. The lowest BCUT2D eigenvalue weighted by atomic mass is 9.79. The summed E-state index contributed by atoms with van der Waals surface area (Å²) < 4.78 is 2.01. The zero-order chi connectivity index (χ0) is 28.1. The molecule has 214 valence electrons. The summed E-state index contributed by atoms with van der Waals surface area (Å²) in [6, 6.07) is 4.63. The number of fused-ring (bicyclic) bond motifs is 1. The summed E-state index contributed by atoms with van der Waals surface area (Å²) in [4.78, 5) is 27.7. The molecule has 5 rings (SSSR count). The van der Waals surface area contributed by atoms with Gasteiger partial charge in [0.1, 0.15) is 12.0 Å². The van der Waals surface area contributed by atoms with E-state index in [0.717, 1.165) is 86.1 Å². The van der Waals surface area contributed by atoms with Crippen LogP contribution in [0.4, 0.5) is 5.82 Å².